The molecule has 1 aromatic carbocycles. The molecule has 0 amide bonds. The van der Waals surface area contributed by atoms with Crippen molar-refractivity contribution in [1.82, 2.24) is 19.7 Å². The zero-order valence-corrected chi connectivity index (χ0v) is 14.7. The van der Waals surface area contributed by atoms with E-state index in [4.69, 9.17) is 0 Å². The van der Waals surface area contributed by atoms with Gasteiger partial charge in [0, 0.05) is 24.2 Å². The molecule has 28 heavy (non-hydrogen) atoms. The lowest BCUT2D eigenvalue weighted by molar-refractivity contribution is -0.141. The Morgan fingerprint density at radius 2 is 1.82 bits per heavy atom. The van der Waals surface area contributed by atoms with Crippen LogP contribution in [0.3, 0.4) is 0 Å². The Morgan fingerprint density at radius 3 is 2.61 bits per heavy atom. The molecule has 4 rings (SSSR count). The van der Waals surface area contributed by atoms with Gasteiger partial charge in [-0.15, -0.1) is 0 Å². The summed E-state index contributed by atoms with van der Waals surface area (Å²) >= 11 is 0. The van der Waals surface area contributed by atoms with Crippen LogP contribution in [0.5, 0.6) is 0 Å². The molecule has 0 radical (unpaired) electrons. The smallest absolute Gasteiger partial charge is 0.294 e. The lowest BCUT2D eigenvalue weighted by Gasteiger charge is -2.09. The van der Waals surface area contributed by atoms with Crippen molar-refractivity contribution in [2.24, 2.45) is 4.99 Å². The number of halogens is 3. The zero-order valence-electron chi connectivity index (χ0n) is 14.7. The lowest BCUT2D eigenvalue weighted by Crippen LogP contribution is -2.10. The standard InChI is InChI=1S/C20H14F3N5/c1-24-12-15-4-2-5-16(26-15)13-8-9-14-11-25-28(17(14)10-13)19-7-3-6-18(27-19)20(21,22)23/h2-12H,1H3. The van der Waals surface area contributed by atoms with Gasteiger partial charge in [0.15, 0.2) is 5.82 Å². The molecular formula is C20H14F3N5. The number of aromatic nitrogens is 4. The first-order chi connectivity index (χ1) is 13.5. The largest absolute Gasteiger partial charge is 0.433 e. The number of pyridine rings is 2. The predicted molar refractivity (Wildman–Crippen MR) is 101 cm³/mol. The van der Waals surface area contributed by atoms with Gasteiger partial charge in [0.05, 0.1) is 23.1 Å². The fourth-order valence-corrected chi connectivity index (χ4v) is 2.88. The van der Waals surface area contributed by atoms with Crippen molar-refractivity contribution in [3.63, 3.8) is 0 Å². The van der Waals surface area contributed by atoms with Crippen molar-refractivity contribution in [2.75, 3.05) is 7.05 Å². The molecule has 5 nitrogen and oxygen atoms in total. The molecule has 0 aliphatic heterocycles. The van der Waals surface area contributed by atoms with Crippen LogP contribution in [0.1, 0.15) is 11.4 Å². The van der Waals surface area contributed by atoms with Crippen molar-refractivity contribution in [3.05, 3.63) is 72.2 Å². The summed E-state index contributed by atoms with van der Waals surface area (Å²) in [6.45, 7) is 0. The van der Waals surface area contributed by atoms with Gasteiger partial charge in [-0.25, -0.2) is 14.6 Å². The number of alkyl halides is 3. The SMILES string of the molecule is CN=Cc1cccc(-c2ccc3cnn(-c4cccc(C(F)(F)F)n4)c3c2)n1. The second-order valence-electron chi connectivity index (χ2n) is 6.04. The first-order valence-corrected chi connectivity index (χ1v) is 8.38. The second kappa shape index (κ2) is 6.88. The monoisotopic (exact) mass is 381 g/mol. The van der Waals surface area contributed by atoms with Crippen LogP contribution in [0.25, 0.3) is 28.0 Å². The molecule has 0 atom stereocenters. The van der Waals surface area contributed by atoms with E-state index in [-0.39, 0.29) is 5.82 Å². The first kappa shape index (κ1) is 17.8. The van der Waals surface area contributed by atoms with Gasteiger partial charge in [-0.3, -0.25) is 4.99 Å². The quantitative estimate of drug-likeness (QED) is 0.489. The average Bonchev–Trinajstić information content (AvgIpc) is 3.11. The zero-order chi connectivity index (χ0) is 19.7. The van der Waals surface area contributed by atoms with Gasteiger partial charge in [0.25, 0.3) is 0 Å². The third-order valence-electron chi connectivity index (χ3n) is 4.14. The number of hydrogen-bond acceptors (Lipinski definition) is 4. The van der Waals surface area contributed by atoms with Crippen molar-refractivity contribution < 1.29 is 13.2 Å². The molecule has 3 aromatic heterocycles. The molecule has 0 bridgehead atoms. The van der Waals surface area contributed by atoms with E-state index in [1.165, 1.54) is 16.8 Å². The van der Waals surface area contributed by atoms with E-state index in [1.807, 2.05) is 36.4 Å². The lowest BCUT2D eigenvalue weighted by atomic mass is 10.1. The van der Waals surface area contributed by atoms with Crippen LogP contribution in [0.2, 0.25) is 0 Å². The number of rotatable bonds is 3. The molecule has 0 saturated carbocycles. The number of nitrogens with zero attached hydrogens (tertiary/aromatic N) is 5. The van der Waals surface area contributed by atoms with Crippen LogP contribution in [0.4, 0.5) is 13.2 Å². The maximum Gasteiger partial charge on any atom is 0.433 e. The number of aliphatic imine (C=N–C) groups is 1. The summed E-state index contributed by atoms with van der Waals surface area (Å²) in [6.07, 6.45) is -1.27. The Labute approximate surface area is 158 Å². The highest BCUT2D eigenvalue weighted by Crippen LogP contribution is 2.29. The summed E-state index contributed by atoms with van der Waals surface area (Å²) in [5.74, 6) is 0.0989. The topological polar surface area (TPSA) is 56.0 Å². The molecule has 0 saturated heterocycles. The Bertz CT molecular complexity index is 1180. The molecule has 4 aromatic rings. The predicted octanol–water partition coefficient (Wildman–Crippen LogP) is 4.55. The van der Waals surface area contributed by atoms with Crippen LogP contribution in [0.15, 0.2) is 65.8 Å². The Hall–Kier alpha value is -3.55. The van der Waals surface area contributed by atoms with E-state index >= 15 is 0 Å². The van der Waals surface area contributed by atoms with E-state index in [2.05, 4.69) is 20.1 Å². The molecule has 0 aliphatic carbocycles. The minimum atomic E-state index is -4.52. The summed E-state index contributed by atoms with van der Waals surface area (Å²) < 4.78 is 40.4. The van der Waals surface area contributed by atoms with Crippen molar-refractivity contribution in [3.8, 4) is 17.1 Å². The van der Waals surface area contributed by atoms with E-state index < -0.39 is 11.9 Å². The molecule has 0 aliphatic rings. The summed E-state index contributed by atoms with van der Waals surface area (Å²) in [7, 11) is 1.67. The first-order valence-electron chi connectivity index (χ1n) is 8.38. The maximum atomic E-state index is 13.0. The fourth-order valence-electron chi connectivity index (χ4n) is 2.88. The van der Waals surface area contributed by atoms with Gasteiger partial charge in [-0.2, -0.15) is 18.3 Å². The Kier molecular flexibility index (Phi) is 4.38. The van der Waals surface area contributed by atoms with Crippen LogP contribution in [-0.4, -0.2) is 33.0 Å². The van der Waals surface area contributed by atoms with E-state index in [0.717, 1.165) is 22.7 Å². The summed E-state index contributed by atoms with van der Waals surface area (Å²) in [6, 6.07) is 14.9. The van der Waals surface area contributed by atoms with Crippen LogP contribution in [-0.2, 0) is 6.18 Å². The minimum absolute atomic E-state index is 0.0989. The number of benzene rings is 1. The minimum Gasteiger partial charge on any atom is -0.294 e. The molecular weight excluding hydrogens is 367 g/mol. The highest BCUT2D eigenvalue weighted by atomic mass is 19.4. The molecule has 0 unspecified atom stereocenters. The second-order valence-corrected chi connectivity index (χ2v) is 6.04. The highest BCUT2D eigenvalue weighted by molar-refractivity contribution is 5.85. The van der Waals surface area contributed by atoms with Crippen molar-refractivity contribution >= 4 is 17.1 Å². The van der Waals surface area contributed by atoms with Gasteiger partial charge in [0.2, 0.25) is 0 Å². The van der Waals surface area contributed by atoms with Gasteiger partial charge >= 0.3 is 6.18 Å². The van der Waals surface area contributed by atoms with Crippen LogP contribution >= 0.6 is 0 Å². The summed E-state index contributed by atoms with van der Waals surface area (Å²) in [5.41, 5.74) is 1.93. The fraction of sp³-hybridized carbons (Fsp3) is 0.100. The third kappa shape index (κ3) is 3.36. The molecule has 8 heteroatoms. The van der Waals surface area contributed by atoms with Gasteiger partial charge in [-0.1, -0.05) is 24.3 Å². The van der Waals surface area contributed by atoms with Crippen LogP contribution < -0.4 is 0 Å². The number of fused-ring (bicyclic) bond motifs is 1. The van der Waals surface area contributed by atoms with E-state index in [1.54, 1.807) is 19.5 Å². The average molecular weight is 381 g/mol. The highest BCUT2D eigenvalue weighted by Gasteiger charge is 2.32. The Balaban J connectivity index is 1.82. The maximum absolute atomic E-state index is 13.0. The molecule has 140 valence electrons. The molecule has 3 heterocycles. The normalized spacial score (nSPS) is 12.1. The van der Waals surface area contributed by atoms with E-state index in [0.29, 0.717) is 11.2 Å². The molecule has 0 N–H and O–H groups in total. The molecule has 0 fully saturated rings. The molecule has 0 spiro atoms. The Morgan fingerprint density at radius 1 is 1.00 bits per heavy atom. The van der Waals surface area contributed by atoms with Crippen molar-refractivity contribution in [1.29, 1.82) is 0 Å². The van der Waals surface area contributed by atoms with Gasteiger partial charge < -0.3 is 0 Å². The summed E-state index contributed by atoms with van der Waals surface area (Å²) in [5, 5.41) is 5.00. The van der Waals surface area contributed by atoms with Crippen molar-refractivity contribution in [2.45, 2.75) is 6.18 Å². The van der Waals surface area contributed by atoms with E-state index in [9.17, 15) is 13.2 Å². The summed E-state index contributed by atoms with van der Waals surface area (Å²) in [4.78, 5) is 12.2. The van der Waals surface area contributed by atoms with Gasteiger partial charge in [0.1, 0.15) is 5.69 Å². The van der Waals surface area contributed by atoms with Crippen LogP contribution in [0, 0.1) is 0 Å². The van der Waals surface area contributed by atoms with Gasteiger partial charge in [-0.05, 0) is 30.3 Å². The number of hydrogen-bond donors (Lipinski definition) is 0. The third-order valence-corrected chi connectivity index (χ3v) is 4.14.